The van der Waals surface area contributed by atoms with Crippen LogP contribution in [0, 0.1) is 11.8 Å². The second-order valence-electron chi connectivity index (χ2n) is 4.84. The summed E-state index contributed by atoms with van der Waals surface area (Å²) in [7, 11) is 0. The van der Waals surface area contributed by atoms with E-state index in [4.69, 9.17) is 4.74 Å². The number of carbonyl (C=O) groups is 2. The number of carboxylic acid groups (broad SMARTS) is 1. The molecule has 3 rings (SSSR count). The minimum Gasteiger partial charge on any atom is -0.481 e. The van der Waals surface area contributed by atoms with E-state index in [9.17, 15) is 14.7 Å². The van der Waals surface area contributed by atoms with E-state index in [1.807, 2.05) is 12.1 Å². The third kappa shape index (κ3) is 2.25. The van der Waals surface area contributed by atoms with Gasteiger partial charge in [0.15, 0.2) is 0 Å². The molecule has 2 N–H and O–H groups in total. The highest BCUT2D eigenvalue weighted by atomic mass is 79.9. The van der Waals surface area contributed by atoms with Crippen LogP contribution in [0.25, 0.3) is 0 Å². The summed E-state index contributed by atoms with van der Waals surface area (Å²) >= 11 is 3.31. The molecule has 1 aromatic carbocycles. The maximum absolute atomic E-state index is 12.3. The molecule has 6 heteroatoms. The first-order chi connectivity index (χ1) is 9.56. The van der Waals surface area contributed by atoms with Gasteiger partial charge in [0.05, 0.1) is 18.1 Å². The van der Waals surface area contributed by atoms with E-state index in [0.717, 1.165) is 4.47 Å². The molecule has 0 aliphatic carbocycles. The van der Waals surface area contributed by atoms with E-state index in [1.165, 1.54) is 0 Å². The van der Waals surface area contributed by atoms with E-state index in [2.05, 4.69) is 21.2 Å². The van der Waals surface area contributed by atoms with Gasteiger partial charge in [-0.2, -0.15) is 0 Å². The number of aliphatic carboxylic acids is 1. The van der Waals surface area contributed by atoms with Gasteiger partial charge in [-0.3, -0.25) is 9.59 Å². The molecule has 1 saturated heterocycles. The summed E-state index contributed by atoms with van der Waals surface area (Å²) in [6.07, 6.45) is 2.53. The molecule has 0 unspecified atom stereocenters. The van der Waals surface area contributed by atoms with E-state index in [0.29, 0.717) is 5.69 Å². The Morgan fingerprint density at radius 2 is 1.70 bits per heavy atom. The molecule has 2 aliphatic heterocycles. The van der Waals surface area contributed by atoms with Gasteiger partial charge in [-0.1, -0.05) is 28.1 Å². The van der Waals surface area contributed by atoms with Gasteiger partial charge in [0, 0.05) is 10.2 Å². The number of rotatable bonds is 3. The number of anilines is 1. The highest BCUT2D eigenvalue weighted by Crippen LogP contribution is 2.39. The third-order valence-electron chi connectivity index (χ3n) is 3.60. The van der Waals surface area contributed by atoms with Crippen molar-refractivity contribution in [2.45, 2.75) is 12.2 Å². The number of amides is 1. The van der Waals surface area contributed by atoms with Crippen LogP contribution in [0.3, 0.4) is 0 Å². The monoisotopic (exact) mass is 337 g/mol. The first-order valence-corrected chi connectivity index (χ1v) is 6.98. The number of ether oxygens (including phenoxy) is 1. The standard InChI is InChI=1S/C14H12BrNO4/c15-7-1-3-8(4-2-7)16-13(17)11-9-5-6-10(20-9)12(11)14(18)19/h1-6,9-12H,(H,16,17)(H,18,19)/t9-,10-,11+,12-/m1/s1. The van der Waals surface area contributed by atoms with Crippen molar-refractivity contribution >= 4 is 33.5 Å². The average molecular weight is 338 g/mol. The van der Waals surface area contributed by atoms with Crippen LogP contribution >= 0.6 is 15.9 Å². The lowest BCUT2D eigenvalue weighted by atomic mass is 9.82. The zero-order valence-corrected chi connectivity index (χ0v) is 11.9. The zero-order chi connectivity index (χ0) is 14.3. The number of hydrogen-bond acceptors (Lipinski definition) is 3. The summed E-state index contributed by atoms with van der Waals surface area (Å²) < 4.78 is 6.38. The smallest absolute Gasteiger partial charge is 0.310 e. The molecule has 2 heterocycles. The first kappa shape index (κ1) is 13.3. The van der Waals surface area contributed by atoms with Gasteiger partial charge in [0.25, 0.3) is 0 Å². The lowest BCUT2D eigenvalue weighted by Gasteiger charge is -2.20. The summed E-state index contributed by atoms with van der Waals surface area (Å²) in [5.41, 5.74) is 0.633. The predicted molar refractivity (Wildman–Crippen MR) is 75.2 cm³/mol. The van der Waals surface area contributed by atoms with Crippen molar-refractivity contribution in [2.24, 2.45) is 11.8 Å². The van der Waals surface area contributed by atoms with Crippen LogP contribution in [0.5, 0.6) is 0 Å². The van der Waals surface area contributed by atoms with Crippen LogP contribution in [0.4, 0.5) is 5.69 Å². The summed E-state index contributed by atoms with van der Waals surface area (Å²) in [6, 6.07) is 7.12. The molecule has 5 nitrogen and oxygen atoms in total. The predicted octanol–water partition coefficient (Wildman–Crippen LogP) is 2.04. The van der Waals surface area contributed by atoms with Crippen LogP contribution < -0.4 is 5.32 Å². The SMILES string of the molecule is O=C(Nc1ccc(Br)cc1)[C@@H]1[C@H](C(=O)O)[C@H]2C=C[C@H]1O2. The van der Waals surface area contributed by atoms with Gasteiger partial charge in [0.2, 0.25) is 5.91 Å². The van der Waals surface area contributed by atoms with Crippen LogP contribution in [-0.4, -0.2) is 29.2 Å². The molecule has 2 bridgehead atoms. The molecular weight excluding hydrogens is 326 g/mol. The maximum Gasteiger partial charge on any atom is 0.310 e. The Balaban J connectivity index is 1.78. The van der Waals surface area contributed by atoms with Crippen molar-refractivity contribution in [2.75, 3.05) is 5.32 Å². The quantitative estimate of drug-likeness (QED) is 0.827. The second kappa shape index (κ2) is 5.03. The van der Waals surface area contributed by atoms with Crippen molar-refractivity contribution in [3.63, 3.8) is 0 Å². The van der Waals surface area contributed by atoms with Crippen molar-refractivity contribution in [1.82, 2.24) is 0 Å². The van der Waals surface area contributed by atoms with Gasteiger partial charge in [0.1, 0.15) is 5.92 Å². The molecule has 104 valence electrons. The number of fused-ring (bicyclic) bond motifs is 2. The van der Waals surface area contributed by atoms with Crippen LogP contribution in [0.2, 0.25) is 0 Å². The maximum atomic E-state index is 12.3. The third-order valence-corrected chi connectivity index (χ3v) is 4.13. The fourth-order valence-corrected chi connectivity index (χ4v) is 2.94. The number of carbonyl (C=O) groups excluding carboxylic acids is 1. The minimum absolute atomic E-state index is 0.323. The second-order valence-corrected chi connectivity index (χ2v) is 5.75. The summed E-state index contributed by atoms with van der Waals surface area (Å²) in [6.45, 7) is 0. The molecule has 4 atom stereocenters. The molecule has 20 heavy (non-hydrogen) atoms. The Kier molecular flexibility index (Phi) is 3.35. The molecule has 0 aromatic heterocycles. The Morgan fingerprint density at radius 3 is 2.30 bits per heavy atom. The van der Waals surface area contributed by atoms with Crippen LogP contribution in [0.15, 0.2) is 40.9 Å². The van der Waals surface area contributed by atoms with E-state index < -0.39 is 30.0 Å². The van der Waals surface area contributed by atoms with Crippen molar-refractivity contribution < 1.29 is 19.4 Å². The molecule has 1 fully saturated rings. The summed E-state index contributed by atoms with van der Waals surface area (Å²) in [5, 5.41) is 12.0. The van der Waals surface area contributed by atoms with Gasteiger partial charge in [-0.25, -0.2) is 0 Å². The number of hydrogen-bond donors (Lipinski definition) is 2. The van der Waals surface area contributed by atoms with Crippen molar-refractivity contribution in [3.8, 4) is 0 Å². The number of halogens is 1. The molecule has 1 amide bonds. The number of benzene rings is 1. The number of nitrogens with one attached hydrogen (secondary N) is 1. The van der Waals surface area contributed by atoms with Gasteiger partial charge in [-0.15, -0.1) is 0 Å². The molecule has 1 aromatic rings. The van der Waals surface area contributed by atoms with Crippen LogP contribution in [0.1, 0.15) is 0 Å². The van der Waals surface area contributed by atoms with Crippen molar-refractivity contribution in [3.05, 3.63) is 40.9 Å². The molecule has 0 spiro atoms. The fraction of sp³-hybridized carbons (Fsp3) is 0.286. The lowest BCUT2D eigenvalue weighted by Crippen LogP contribution is -2.39. The topological polar surface area (TPSA) is 75.6 Å². The Hall–Kier alpha value is -1.66. The minimum atomic E-state index is -1.00. The Morgan fingerprint density at radius 1 is 1.10 bits per heavy atom. The van der Waals surface area contributed by atoms with Crippen LogP contribution in [-0.2, 0) is 14.3 Å². The van der Waals surface area contributed by atoms with Gasteiger partial charge in [-0.05, 0) is 24.3 Å². The highest BCUT2D eigenvalue weighted by Gasteiger charge is 2.53. The molecular formula is C14H12BrNO4. The van der Waals surface area contributed by atoms with E-state index >= 15 is 0 Å². The fourth-order valence-electron chi connectivity index (χ4n) is 2.67. The highest BCUT2D eigenvalue weighted by molar-refractivity contribution is 9.10. The van der Waals surface area contributed by atoms with Gasteiger partial charge < -0.3 is 15.2 Å². The molecule has 0 radical (unpaired) electrons. The molecule has 2 aliphatic rings. The first-order valence-electron chi connectivity index (χ1n) is 6.19. The van der Waals surface area contributed by atoms with E-state index in [-0.39, 0.29) is 5.91 Å². The normalized spacial score (nSPS) is 30.4. The molecule has 0 saturated carbocycles. The zero-order valence-electron chi connectivity index (χ0n) is 10.3. The number of carboxylic acids is 1. The summed E-state index contributed by atoms with van der Waals surface area (Å²) in [4.78, 5) is 23.6. The Bertz CT molecular complexity index is 583. The lowest BCUT2D eigenvalue weighted by molar-refractivity contribution is -0.145. The van der Waals surface area contributed by atoms with Gasteiger partial charge >= 0.3 is 5.97 Å². The Labute approximate surface area is 123 Å². The average Bonchev–Trinajstić information content (AvgIpc) is 3.01. The van der Waals surface area contributed by atoms with Crippen molar-refractivity contribution in [1.29, 1.82) is 0 Å². The van der Waals surface area contributed by atoms with E-state index in [1.54, 1.807) is 24.3 Å². The largest absolute Gasteiger partial charge is 0.481 e. The summed E-state index contributed by atoms with van der Waals surface area (Å²) in [5.74, 6) is -2.83.